The molecule has 0 spiro atoms. The summed E-state index contributed by atoms with van der Waals surface area (Å²) in [5, 5.41) is 11.1. The lowest BCUT2D eigenvalue weighted by Gasteiger charge is -2.21. The highest BCUT2D eigenvalue weighted by molar-refractivity contribution is 8.00. The first-order valence-electron chi connectivity index (χ1n) is 6.80. The van der Waals surface area contributed by atoms with E-state index in [0.29, 0.717) is 17.5 Å². The number of thioether (sulfide) groups is 1. The van der Waals surface area contributed by atoms with E-state index in [-0.39, 0.29) is 5.91 Å². The zero-order valence-corrected chi connectivity index (χ0v) is 12.2. The van der Waals surface area contributed by atoms with E-state index in [1.54, 1.807) is 16.4 Å². The number of aryl methyl sites for hydroxylation is 1. The van der Waals surface area contributed by atoms with Crippen LogP contribution in [0.5, 0.6) is 0 Å². The molecule has 5 nitrogen and oxygen atoms in total. The van der Waals surface area contributed by atoms with Gasteiger partial charge in [-0.05, 0) is 37.9 Å². The van der Waals surface area contributed by atoms with Gasteiger partial charge in [-0.25, -0.2) is 0 Å². The molecule has 0 bridgehead atoms. The maximum absolute atomic E-state index is 11.7. The highest BCUT2D eigenvalue weighted by atomic mass is 32.2. The van der Waals surface area contributed by atoms with Gasteiger partial charge in [0.2, 0.25) is 5.91 Å². The molecule has 0 aliphatic carbocycles. The van der Waals surface area contributed by atoms with Crippen molar-refractivity contribution < 1.29 is 4.79 Å². The van der Waals surface area contributed by atoms with Gasteiger partial charge in [0.15, 0.2) is 0 Å². The van der Waals surface area contributed by atoms with E-state index in [1.807, 2.05) is 19.4 Å². The van der Waals surface area contributed by atoms with E-state index in [0.717, 1.165) is 25.1 Å². The van der Waals surface area contributed by atoms with Crippen molar-refractivity contribution in [2.75, 3.05) is 25.4 Å². The third-order valence-corrected chi connectivity index (χ3v) is 4.60. The largest absolute Gasteiger partial charge is 0.355 e. The van der Waals surface area contributed by atoms with Crippen LogP contribution in [0.4, 0.5) is 0 Å². The van der Waals surface area contributed by atoms with Crippen molar-refractivity contribution >= 4 is 17.7 Å². The number of piperidine rings is 1. The maximum Gasteiger partial charge on any atom is 0.230 e. The smallest absolute Gasteiger partial charge is 0.230 e. The predicted octanol–water partition coefficient (Wildman–Crippen LogP) is 0.564. The van der Waals surface area contributed by atoms with Gasteiger partial charge >= 0.3 is 0 Å². The van der Waals surface area contributed by atoms with Crippen molar-refractivity contribution in [3.8, 4) is 0 Å². The highest BCUT2D eigenvalue weighted by Gasteiger charge is 2.14. The Kier molecular flexibility index (Phi) is 5.72. The van der Waals surface area contributed by atoms with E-state index in [4.69, 9.17) is 0 Å². The zero-order valence-electron chi connectivity index (χ0n) is 11.4. The van der Waals surface area contributed by atoms with Gasteiger partial charge in [-0.15, -0.1) is 11.8 Å². The third kappa shape index (κ3) is 5.24. The van der Waals surface area contributed by atoms with Gasteiger partial charge in [-0.3, -0.25) is 9.48 Å². The summed E-state index contributed by atoms with van der Waals surface area (Å²) in [6.07, 6.45) is 7.02. The Balaban J connectivity index is 1.56. The summed E-state index contributed by atoms with van der Waals surface area (Å²) < 4.78 is 1.78. The lowest BCUT2D eigenvalue weighted by Crippen LogP contribution is -2.32. The molecular weight excluding hydrogens is 260 g/mol. The van der Waals surface area contributed by atoms with Gasteiger partial charge in [0.05, 0.1) is 11.9 Å². The fourth-order valence-electron chi connectivity index (χ4n) is 2.15. The molecular formula is C13H22N4OS. The van der Waals surface area contributed by atoms with E-state index in [9.17, 15) is 4.79 Å². The molecule has 1 aromatic heterocycles. The number of amides is 1. The van der Waals surface area contributed by atoms with Crippen LogP contribution in [0.1, 0.15) is 18.4 Å². The maximum atomic E-state index is 11.7. The molecule has 2 N–H and O–H groups in total. The fraction of sp³-hybridized carbons (Fsp3) is 0.692. The molecule has 0 unspecified atom stereocenters. The first kappa shape index (κ1) is 14.4. The Bertz CT molecular complexity index is 401. The summed E-state index contributed by atoms with van der Waals surface area (Å²) >= 11 is 1.79. The van der Waals surface area contributed by atoms with Gasteiger partial charge in [0.25, 0.3) is 0 Å². The molecule has 2 heterocycles. The van der Waals surface area contributed by atoms with Crippen LogP contribution >= 0.6 is 11.8 Å². The summed E-state index contributed by atoms with van der Waals surface area (Å²) in [6.45, 7) is 2.86. The van der Waals surface area contributed by atoms with Crippen LogP contribution in [0.3, 0.4) is 0 Å². The van der Waals surface area contributed by atoms with Crippen molar-refractivity contribution in [2.24, 2.45) is 7.05 Å². The first-order valence-corrected chi connectivity index (χ1v) is 7.85. The van der Waals surface area contributed by atoms with Crippen LogP contribution in [0.2, 0.25) is 0 Å². The SMILES string of the molecule is Cn1cc(CCNC(=O)CSC2CCNCC2)cn1. The summed E-state index contributed by atoms with van der Waals surface area (Å²) in [6, 6.07) is 0. The number of hydrogen-bond acceptors (Lipinski definition) is 4. The molecule has 6 heteroatoms. The molecule has 106 valence electrons. The van der Waals surface area contributed by atoms with Crippen molar-refractivity contribution in [3.63, 3.8) is 0 Å². The quantitative estimate of drug-likeness (QED) is 0.800. The second kappa shape index (κ2) is 7.55. The van der Waals surface area contributed by atoms with E-state index in [1.165, 1.54) is 12.8 Å². The van der Waals surface area contributed by atoms with Crippen LogP contribution in [0, 0.1) is 0 Å². The van der Waals surface area contributed by atoms with Crippen LogP contribution in [-0.2, 0) is 18.3 Å². The van der Waals surface area contributed by atoms with Gasteiger partial charge in [-0.1, -0.05) is 0 Å². The average Bonchev–Trinajstić information content (AvgIpc) is 2.83. The summed E-state index contributed by atoms with van der Waals surface area (Å²) in [5.41, 5.74) is 1.16. The number of nitrogens with zero attached hydrogens (tertiary/aromatic N) is 2. The number of carbonyl (C=O) groups is 1. The third-order valence-electron chi connectivity index (χ3n) is 3.23. The van der Waals surface area contributed by atoms with Crippen molar-refractivity contribution in [1.82, 2.24) is 20.4 Å². The summed E-state index contributed by atoms with van der Waals surface area (Å²) in [5.74, 6) is 0.727. The molecule has 1 aliphatic heterocycles. The first-order chi connectivity index (χ1) is 9.24. The second-order valence-corrected chi connectivity index (χ2v) is 6.17. The van der Waals surface area contributed by atoms with E-state index < -0.39 is 0 Å². The van der Waals surface area contributed by atoms with Gasteiger partial charge in [0.1, 0.15) is 0 Å². The molecule has 1 fully saturated rings. The van der Waals surface area contributed by atoms with E-state index in [2.05, 4.69) is 15.7 Å². The van der Waals surface area contributed by atoms with Crippen LogP contribution in [0.15, 0.2) is 12.4 Å². The van der Waals surface area contributed by atoms with Crippen LogP contribution in [-0.4, -0.2) is 46.3 Å². The van der Waals surface area contributed by atoms with Gasteiger partial charge < -0.3 is 10.6 Å². The fourth-order valence-corrected chi connectivity index (χ4v) is 3.21. The molecule has 19 heavy (non-hydrogen) atoms. The lowest BCUT2D eigenvalue weighted by molar-refractivity contribution is -0.118. The van der Waals surface area contributed by atoms with Crippen molar-refractivity contribution in [3.05, 3.63) is 18.0 Å². The Morgan fingerprint density at radius 2 is 2.37 bits per heavy atom. The molecule has 1 saturated heterocycles. The topological polar surface area (TPSA) is 59.0 Å². The van der Waals surface area contributed by atoms with Crippen molar-refractivity contribution in [1.29, 1.82) is 0 Å². The minimum atomic E-state index is 0.146. The zero-order chi connectivity index (χ0) is 13.5. The molecule has 1 aliphatic rings. The monoisotopic (exact) mass is 282 g/mol. The predicted molar refractivity (Wildman–Crippen MR) is 78.3 cm³/mol. The Labute approximate surface area is 118 Å². The normalized spacial score (nSPS) is 16.5. The Morgan fingerprint density at radius 1 is 1.58 bits per heavy atom. The number of aromatic nitrogens is 2. The lowest BCUT2D eigenvalue weighted by atomic mass is 10.2. The Morgan fingerprint density at radius 3 is 3.05 bits per heavy atom. The van der Waals surface area contributed by atoms with Gasteiger partial charge in [-0.2, -0.15) is 5.10 Å². The van der Waals surface area contributed by atoms with Crippen LogP contribution < -0.4 is 10.6 Å². The number of rotatable bonds is 6. The minimum Gasteiger partial charge on any atom is -0.355 e. The second-order valence-electron chi connectivity index (χ2n) is 4.88. The Hall–Kier alpha value is -1.01. The number of nitrogens with one attached hydrogen (secondary N) is 2. The molecule has 1 aromatic rings. The van der Waals surface area contributed by atoms with Gasteiger partial charge in [0, 0.05) is 25.0 Å². The molecule has 0 atom stereocenters. The number of hydrogen-bond donors (Lipinski definition) is 2. The highest BCUT2D eigenvalue weighted by Crippen LogP contribution is 2.19. The molecule has 0 radical (unpaired) electrons. The number of carbonyl (C=O) groups excluding carboxylic acids is 1. The average molecular weight is 282 g/mol. The minimum absolute atomic E-state index is 0.146. The standard InChI is InChI=1S/C13H22N4OS/c1-17-9-11(8-16-17)2-7-15-13(18)10-19-12-3-5-14-6-4-12/h8-9,12,14H,2-7,10H2,1H3,(H,15,18). The summed E-state index contributed by atoms with van der Waals surface area (Å²) in [7, 11) is 1.90. The molecule has 0 saturated carbocycles. The van der Waals surface area contributed by atoms with Crippen molar-refractivity contribution in [2.45, 2.75) is 24.5 Å². The van der Waals surface area contributed by atoms with E-state index >= 15 is 0 Å². The van der Waals surface area contributed by atoms with Crippen LogP contribution in [0.25, 0.3) is 0 Å². The molecule has 2 rings (SSSR count). The molecule has 0 aromatic carbocycles. The molecule has 1 amide bonds. The summed E-state index contributed by atoms with van der Waals surface area (Å²) in [4.78, 5) is 11.7.